The fraction of sp³-hybridized carbons (Fsp3) is 0.462. The third-order valence-electron chi connectivity index (χ3n) is 2.62. The molecule has 1 aromatic rings. The van der Waals surface area contributed by atoms with E-state index < -0.39 is 0 Å². The van der Waals surface area contributed by atoms with E-state index in [4.69, 9.17) is 0 Å². The number of hydrogen-bond donors (Lipinski definition) is 1. The van der Waals surface area contributed by atoms with Crippen LogP contribution in [-0.4, -0.2) is 17.3 Å². The van der Waals surface area contributed by atoms with E-state index in [0.717, 1.165) is 0 Å². The second-order valence-electron chi connectivity index (χ2n) is 4.43. The Labute approximate surface area is 110 Å². The van der Waals surface area contributed by atoms with Gasteiger partial charge in [0.15, 0.2) is 0 Å². The van der Waals surface area contributed by atoms with E-state index in [9.17, 15) is 9.18 Å². The number of aryl methyl sites for hydroxylation is 1. The van der Waals surface area contributed by atoms with Gasteiger partial charge in [-0.15, -0.1) is 0 Å². The highest BCUT2D eigenvalue weighted by Gasteiger charge is 2.12. The molecule has 2 nitrogen and oxygen atoms in total. The molecule has 1 rings (SSSR count). The van der Waals surface area contributed by atoms with Crippen molar-refractivity contribution < 1.29 is 9.18 Å². The summed E-state index contributed by atoms with van der Waals surface area (Å²) in [6.45, 7) is 6.34. The molecule has 1 N–H and O–H groups in total. The van der Waals surface area contributed by atoms with E-state index in [1.807, 2.05) is 0 Å². The van der Waals surface area contributed by atoms with Gasteiger partial charge in [-0.05, 0) is 30.5 Å². The Morgan fingerprint density at radius 3 is 2.65 bits per heavy atom. The molecule has 1 aromatic carbocycles. The largest absolute Gasteiger partial charge is 0.351 e. The number of benzene rings is 1. The lowest BCUT2D eigenvalue weighted by Crippen LogP contribution is -2.31. The van der Waals surface area contributed by atoms with Crippen molar-refractivity contribution in [3.8, 4) is 0 Å². The molecule has 1 unspecified atom stereocenters. The minimum atomic E-state index is -0.350. The van der Waals surface area contributed by atoms with Crippen molar-refractivity contribution in [3.63, 3.8) is 0 Å². The van der Waals surface area contributed by atoms with Crippen LogP contribution in [0.1, 0.15) is 29.8 Å². The summed E-state index contributed by atoms with van der Waals surface area (Å²) in [6, 6.07) is 4.51. The summed E-state index contributed by atoms with van der Waals surface area (Å²) in [5.41, 5.74) is 0.902. The second-order valence-corrected chi connectivity index (χ2v) is 5.61. The van der Waals surface area contributed by atoms with Crippen molar-refractivity contribution in [3.05, 3.63) is 35.1 Å². The standard InChI is InChI=1S/C13H17BrFNO/c1-8(2)11(14)7-16-13(17)10-5-4-9(3)12(15)6-10/h4-6,8,11H,7H2,1-3H3,(H,16,17). The molecule has 0 aliphatic heterocycles. The smallest absolute Gasteiger partial charge is 0.251 e. The molecule has 17 heavy (non-hydrogen) atoms. The summed E-state index contributed by atoms with van der Waals surface area (Å²) in [6.07, 6.45) is 0. The minimum absolute atomic E-state index is 0.224. The van der Waals surface area contributed by atoms with Crippen LogP contribution in [0.3, 0.4) is 0 Å². The number of hydrogen-bond acceptors (Lipinski definition) is 1. The van der Waals surface area contributed by atoms with Gasteiger partial charge < -0.3 is 5.32 Å². The molecular formula is C13H17BrFNO. The van der Waals surface area contributed by atoms with Gasteiger partial charge in [-0.25, -0.2) is 4.39 Å². The average Bonchev–Trinajstić information content (AvgIpc) is 2.28. The van der Waals surface area contributed by atoms with Gasteiger partial charge >= 0.3 is 0 Å². The van der Waals surface area contributed by atoms with Crippen LogP contribution in [0.15, 0.2) is 18.2 Å². The van der Waals surface area contributed by atoms with E-state index in [2.05, 4.69) is 35.1 Å². The maximum Gasteiger partial charge on any atom is 0.251 e. The van der Waals surface area contributed by atoms with Crippen molar-refractivity contribution in [2.75, 3.05) is 6.54 Å². The van der Waals surface area contributed by atoms with E-state index in [-0.39, 0.29) is 16.6 Å². The molecule has 0 aliphatic rings. The Balaban J connectivity index is 2.61. The van der Waals surface area contributed by atoms with Gasteiger partial charge in [0, 0.05) is 16.9 Å². The lowest BCUT2D eigenvalue weighted by molar-refractivity contribution is 0.0952. The monoisotopic (exact) mass is 301 g/mol. The lowest BCUT2D eigenvalue weighted by atomic mass is 10.1. The molecule has 94 valence electrons. The molecule has 0 spiro atoms. The van der Waals surface area contributed by atoms with Crippen LogP contribution in [-0.2, 0) is 0 Å². The molecule has 0 saturated heterocycles. The first-order valence-corrected chi connectivity index (χ1v) is 6.51. The summed E-state index contributed by atoms with van der Waals surface area (Å²) in [5, 5.41) is 2.77. The SMILES string of the molecule is Cc1ccc(C(=O)NCC(Br)C(C)C)cc1F. The van der Waals surface area contributed by atoms with E-state index >= 15 is 0 Å². The predicted octanol–water partition coefficient (Wildman–Crippen LogP) is 3.28. The molecule has 1 atom stereocenters. The quantitative estimate of drug-likeness (QED) is 0.850. The molecule has 0 heterocycles. The van der Waals surface area contributed by atoms with Gasteiger partial charge in [0.25, 0.3) is 5.91 Å². The first-order valence-electron chi connectivity index (χ1n) is 5.60. The number of halogens is 2. The third kappa shape index (κ3) is 4.11. The number of nitrogens with one attached hydrogen (secondary N) is 1. The third-order valence-corrected chi connectivity index (χ3v) is 4.00. The van der Waals surface area contributed by atoms with Crippen molar-refractivity contribution in [2.45, 2.75) is 25.6 Å². The van der Waals surface area contributed by atoms with Crippen molar-refractivity contribution in [2.24, 2.45) is 5.92 Å². The topological polar surface area (TPSA) is 29.1 Å². The van der Waals surface area contributed by atoms with Gasteiger partial charge in [0.1, 0.15) is 5.82 Å². The van der Waals surface area contributed by atoms with E-state index in [1.165, 1.54) is 6.07 Å². The summed E-state index contributed by atoms with van der Waals surface area (Å²) in [5.74, 6) is -0.157. The molecule has 0 radical (unpaired) electrons. The van der Waals surface area contributed by atoms with E-state index in [0.29, 0.717) is 23.6 Å². The number of amides is 1. The molecule has 0 aromatic heterocycles. The second kappa shape index (κ2) is 6.15. The van der Waals surface area contributed by atoms with Gasteiger partial charge in [0.05, 0.1) is 0 Å². The van der Waals surface area contributed by atoms with Crippen LogP contribution in [0.25, 0.3) is 0 Å². The van der Waals surface area contributed by atoms with Gasteiger partial charge in [-0.1, -0.05) is 35.8 Å². The summed E-state index contributed by atoms with van der Waals surface area (Å²) < 4.78 is 13.3. The van der Waals surface area contributed by atoms with Gasteiger partial charge in [-0.2, -0.15) is 0 Å². The Kier molecular flexibility index (Phi) is 5.12. The first kappa shape index (κ1) is 14.2. The summed E-state index contributed by atoms with van der Waals surface area (Å²) in [4.78, 5) is 12.0. The van der Waals surface area contributed by atoms with Crippen LogP contribution >= 0.6 is 15.9 Å². The van der Waals surface area contributed by atoms with Crippen molar-refractivity contribution in [1.82, 2.24) is 5.32 Å². The molecule has 1 amide bonds. The number of rotatable bonds is 4. The number of carbonyl (C=O) groups is 1. The zero-order valence-electron chi connectivity index (χ0n) is 10.3. The summed E-state index contributed by atoms with van der Waals surface area (Å²) in [7, 11) is 0. The highest BCUT2D eigenvalue weighted by Crippen LogP contribution is 2.12. The molecular weight excluding hydrogens is 285 g/mol. The molecule has 0 saturated carbocycles. The zero-order valence-corrected chi connectivity index (χ0v) is 11.8. The van der Waals surface area contributed by atoms with E-state index in [1.54, 1.807) is 19.1 Å². The maximum absolute atomic E-state index is 13.3. The van der Waals surface area contributed by atoms with Crippen molar-refractivity contribution >= 4 is 21.8 Å². The fourth-order valence-electron chi connectivity index (χ4n) is 1.26. The zero-order chi connectivity index (χ0) is 13.0. The highest BCUT2D eigenvalue weighted by molar-refractivity contribution is 9.09. The Bertz CT molecular complexity index is 406. The molecule has 4 heteroatoms. The lowest BCUT2D eigenvalue weighted by Gasteiger charge is -2.14. The predicted molar refractivity (Wildman–Crippen MR) is 71.0 cm³/mol. The Morgan fingerprint density at radius 1 is 1.47 bits per heavy atom. The van der Waals surface area contributed by atoms with Crippen LogP contribution in [0.4, 0.5) is 4.39 Å². The molecule has 0 bridgehead atoms. The maximum atomic E-state index is 13.3. The fourth-order valence-corrected chi connectivity index (χ4v) is 1.42. The van der Waals surface area contributed by atoms with Crippen LogP contribution in [0, 0.1) is 18.7 Å². The first-order chi connectivity index (χ1) is 7.91. The number of carbonyl (C=O) groups excluding carboxylic acids is 1. The molecule has 0 fully saturated rings. The van der Waals surface area contributed by atoms with Crippen molar-refractivity contribution in [1.29, 1.82) is 0 Å². The molecule has 0 aliphatic carbocycles. The van der Waals surface area contributed by atoms with Crippen LogP contribution < -0.4 is 5.32 Å². The van der Waals surface area contributed by atoms with Crippen LogP contribution in [0.5, 0.6) is 0 Å². The highest BCUT2D eigenvalue weighted by atomic mass is 79.9. The van der Waals surface area contributed by atoms with Crippen LogP contribution in [0.2, 0.25) is 0 Å². The average molecular weight is 302 g/mol. The van der Waals surface area contributed by atoms with Gasteiger partial charge in [0.2, 0.25) is 0 Å². The minimum Gasteiger partial charge on any atom is -0.351 e. The Morgan fingerprint density at radius 2 is 2.12 bits per heavy atom. The number of alkyl halides is 1. The Hall–Kier alpha value is -0.900. The summed E-state index contributed by atoms with van der Waals surface area (Å²) >= 11 is 3.48. The normalized spacial score (nSPS) is 12.6. The van der Waals surface area contributed by atoms with Gasteiger partial charge in [-0.3, -0.25) is 4.79 Å².